The van der Waals surface area contributed by atoms with Crippen molar-refractivity contribution in [1.29, 1.82) is 0 Å². The molecule has 1 aromatic rings. The van der Waals surface area contributed by atoms with Gasteiger partial charge in [0, 0.05) is 12.6 Å². The summed E-state index contributed by atoms with van der Waals surface area (Å²) >= 11 is 0. The first-order valence-electron chi connectivity index (χ1n) is 6.98. The maximum atomic E-state index is 11.6. The second kappa shape index (κ2) is 7.92. The van der Waals surface area contributed by atoms with Crippen LogP contribution in [-0.2, 0) is 16.1 Å². The number of hydrogen-bond donors (Lipinski definition) is 2. The quantitative estimate of drug-likeness (QED) is 0.762. The predicted octanol–water partition coefficient (Wildman–Crippen LogP) is 1.46. The van der Waals surface area contributed by atoms with E-state index in [0.717, 1.165) is 31.5 Å². The number of esters is 1. The fourth-order valence-electron chi connectivity index (χ4n) is 2.21. The third-order valence-electron chi connectivity index (χ3n) is 3.34. The summed E-state index contributed by atoms with van der Waals surface area (Å²) in [5, 5.41) is 6.73. The van der Waals surface area contributed by atoms with Crippen LogP contribution in [0.4, 0.5) is 0 Å². The Hall–Kier alpha value is -1.39. The van der Waals surface area contributed by atoms with E-state index in [4.69, 9.17) is 4.74 Å². The second-order valence-corrected chi connectivity index (χ2v) is 4.87. The number of benzene rings is 1. The van der Waals surface area contributed by atoms with Gasteiger partial charge in [-0.3, -0.25) is 4.79 Å². The van der Waals surface area contributed by atoms with E-state index in [1.807, 2.05) is 30.3 Å². The van der Waals surface area contributed by atoms with Crippen LogP contribution in [0.2, 0.25) is 0 Å². The number of ether oxygens (including phenoxy) is 1. The normalized spacial score (nSPS) is 16.2. The summed E-state index contributed by atoms with van der Waals surface area (Å²) < 4.78 is 5.23. The lowest BCUT2D eigenvalue weighted by Gasteiger charge is -2.23. The third-order valence-corrected chi connectivity index (χ3v) is 3.34. The Kier molecular flexibility index (Phi) is 5.85. The highest BCUT2D eigenvalue weighted by Gasteiger charge is 2.12. The fourth-order valence-corrected chi connectivity index (χ4v) is 2.21. The molecule has 0 bridgehead atoms. The van der Waals surface area contributed by atoms with Crippen LogP contribution in [0.1, 0.15) is 24.8 Å². The van der Waals surface area contributed by atoms with Gasteiger partial charge in [0.15, 0.2) is 0 Å². The van der Waals surface area contributed by atoms with Gasteiger partial charge in [0.05, 0.1) is 6.42 Å². The molecule has 0 spiro atoms. The van der Waals surface area contributed by atoms with Crippen molar-refractivity contribution in [2.45, 2.75) is 31.9 Å². The molecule has 0 atom stereocenters. The summed E-state index contributed by atoms with van der Waals surface area (Å²) in [7, 11) is 0. The monoisotopic (exact) mass is 262 g/mol. The average molecular weight is 262 g/mol. The highest BCUT2D eigenvalue weighted by atomic mass is 16.5. The van der Waals surface area contributed by atoms with Crippen molar-refractivity contribution in [2.75, 3.05) is 19.6 Å². The van der Waals surface area contributed by atoms with Crippen LogP contribution in [0, 0.1) is 0 Å². The Morgan fingerprint density at radius 3 is 2.74 bits per heavy atom. The molecule has 0 aromatic heterocycles. The lowest BCUT2D eigenvalue weighted by molar-refractivity contribution is -0.144. The van der Waals surface area contributed by atoms with Gasteiger partial charge < -0.3 is 15.4 Å². The molecular formula is C15H22N2O2. The summed E-state index contributed by atoms with van der Waals surface area (Å²) in [5.41, 5.74) is 1.03. The molecule has 1 fully saturated rings. The van der Waals surface area contributed by atoms with Gasteiger partial charge in [-0.1, -0.05) is 30.3 Å². The zero-order valence-electron chi connectivity index (χ0n) is 11.2. The number of carbonyl (C=O) groups is 1. The van der Waals surface area contributed by atoms with E-state index in [2.05, 4.69) is 10.6 Å². The van der Waals surface area contributed by atoms with Gasteiger partial charge in [0.25, 0.3) is 0 Å². The summed E-state index contributed by atoms with van der Waals surface area (Å²) in [4.78, 5) is 11.6. The minimum absolute atomic E-state index is 0.134. The van der Waals surface area contributed by atoms with E-state index in [9.17, 15) is 4.79 Å². The molecule has 1 aliphatic rings. The highest BCUT2D eigenvalue weighted by Crippen LogP contribution is 2.03. The van der Waals surface area contributed by atoms with Gasteiger partial charge >= 0.3 is 5.97 Å². The summed E-state index contributed by atoms with van der Waals surface area (Å²) in [6.45, 7) is 3.21. The molecule has 104 valence electrons. The first-order chi connectivity index (χ1) is 9.34. The number of nitrogens with one attached hydrogen (secondary N) is 2. The predicted molar refractivity (Wildman–Crippen MR) is 74.7 cm³/mol. The third kappa shape index (κ3) is 5.41. The molecule has 4 nitrogen and oxygen atoms in total. The SMILES string of the molecule is O=C(CCNC1CCNCC1)OCc1ccccc1. The maximum Gasteiger partial charge on any atom is 0.307 e. The number of piperidine rings is 1. The van der Waals surface area contributed by atoms with Crippen molar-refractivity contribution >= 4 is 5.97 Å². The van der Waals surface area contributed by atoms with E-state index in [1.54, 1.807) is 0 Å². The molecule has 19 heavy (non-hydrogen) atoms. The summed E-state index contributed by atoms with van der Waals surface area (Å²) in [6.07, 6.45) is 2.72. The smallest absolute Gasteiger partial charge is 0.307 e. The number of hydrogen-bond acceptors (Lipinski definition) is 4. The van der Waals surface area contributed by atoms with Crippen molar-refractivity contribution in [3.8, 4) is 0 Å². The Morgan fingerprint density at radius 2 is 2.00 bits per heavy atom. The lowest BCUT2D eigenvalue weighted by atomic mass is 10.1. The largest absolute Gasteiger partial charge is 0.461 e. The van der Waals surface area contributed by atoms with E-state index in [1.165, 1.54) is 0 Å². The summed E-state index contributed by atoms with van der Waals surface area (Å²) in [6, 6.07) is 10.3. The van der Waals surface area contributed by atoms with Crippen molar-refractivity contribution in [2.24, 2.45) is 0 Å². The summed E-state index contributed by atoms with van der Waals surface area (Å²) in [5.74, 6) is -0.134. The minimum Gasteiger partial charge on any atom is -0.461 e. The molecule has 0 saturated carbocycles. The Bertz CT molecular complexity index is 375. The molecule has 0 aliphatic carbocycles. The minimum atomic E-state index is -0.134. The molecule has 2 N–H and O–H groups in total. The van der Waals surface area contributed by atoms with E-state index in [-0.39, 0.29) is 5.97 Å². The van der Waals surface area contributed by atoms with Gasteiger partial charge in [-0.2, -0.15) is 0 Å². The molecule has 0 unspecified atom stereocenters. The molecule has 0 radical (unpaired) electrons. The zero-order chi connectivity index (χ0) is 13.3. The number of rotatable bonds is 6. The van der Waals surface area contributed by atoms with Crippen LogP contribution in [0.5, 0.6) is 0 Å². The van der Waals surface area contributed by atoms with Crippen molar-refractivity contribution < 1.29 is 9.53 Å². The first-order valence-corrected chi connectivity index (χ1v) is 6.98. The average Bonchev–Trinajstić information content (AvgIpc) is 2.47. The van der Waals surface area contributed by atoms with E-state index in [0.29, 0.717) is 25.6 Å². The zero-order valence-corrected chi connectivity index (χ0v) is 11.2. The van der Waals surface area contributed by atoms with Crippen LogP contribution >= 0.6 is 0 Å². The van der Waals surface area contributed by atoms with Crippen molar-refractivity contribution in [3.05, 3.63) is 35.9 Å². The Balaban J connectivity index is 1.57. The van der Waals surface area contributed by atoms with E-state index < -0.39 is 0 Å². The van der Waals surface area contributed by atoms with E-state index >= 15 is 0 Å². The molecule has 4 heteroatoms. The van der Waals surface area contributed by atoms with Crippen LogP contribution in [0.3, 0.4) is 0 Å². The Morgan fingerprint density at radius 1 is 1.26 bits per heavy atom. The van der Waals surface area contributed by atoms with Crippen molar-refractivity contribution in [1.82, 2.24) is 10.6 Å². The van der Waals surface area contributed by atoms with Crippen molar-refractivity contribution in [3.63, 3.8) is 0 Å². The van der Waals surface area contributed by atoms with Gasteiger partial charge in [0.1, 0.15) is 6.61 Å². The fraction of sp³-hybridized carbons (Fsp3) is 0.533. The van der Waals surface area contributed by atoms with Crippen LogP contribution in [0.25, 0.3) is 0 Å². The van der Waals surface area contributed by atoms with Crippen LogP contribution in [-0.4, -0.2) is 31.6 Å². The van der Waals surface area contributed by atoms with Gasteiger partial charge in [-0.25, -0.2) is 0 Å². The molecule has 2 rings (SSSR count). The number of carbonyl (C=O) groups excluding carboxylic acids is 1. The molecule has 1 aromatic carbocycles. The second-order valence-electron chi connectivity index (χ2n) is 4.87. The van der Waals surface area contributed by atoms with Crippen LogP contribution in [0.15, 0.2) is 30.3 Å². The lowest BCUT2D eigenvalue weighted by Crippen LogP contribution is -2.40. The standard InChI is InChI=1S/C15H22N2O2/c18-15(19-12-13-4-2-1-3-5-13)8-11-17-14-6-9-16-10-7-14/h1-5,14,16-17H,6-12H2. The Labute approximate surface area is 114 Å². The van der Waals surface area contributed by atoms with Gasteiger partial charge in [0.2, 0.25) is 0 Å². The molecule has 0 amide bonds. The highest BCUT2D eigenvalue weighted by molar-refractivity contribution is 5.69. The molecule has 1 heterocycles. The van der Waals surface area contributed by atoms with Gasteiger partial charge in [-0.15, -0.1) is 0 Å². The van der Waals surface area contributed by atoms with Gasteiger partial charge in [-0.05, 0) is 31.5 Å². The molecule has 1 aliphatic heterocycles. The topological polar surface area (TPSA) is 50.4 Å². The van der Waals surface area contributed by atoms with Crippen LogP contribution < -0.4 is 10.6 Å². The molecule has 1 saturated heterocycles. The molecular weight excluding hydrogens is 240 g/mol. The maximum absolute atomic E-state index is 11.6. The first kappa shape index (κ1) is 14.0.